The molecule has 0 unspecified atom stereocenters. The molecule has 0 aliphatic carbocycles. The van der Waals surface area contributed by atoms with E-state index in [9.17, 15) is 14.7 Å². The normalized spacial score (nSPS) is 17.2. The first-order valence-electron chi connectivity index (χ1n) is 15.6. The van der Waals surface area contributed by atoms with Crippen molar-refractivity contribution in [1.29, 1.82) is 0 Å². The van der Waals surface area contributed by atoms with Gasteiger partial charge >= 0.3 is 6.03 Å². The molecular formula is C37H42N4O5. The summed E-state index contributed by atoms with van der Waals surface area (Å²) in [7, 11) is 2.05. The Morgan fingerprint density at radius 2 is 1.61 bits per heavy atom. The molecule has 0 saturated heterocycles. The van der Waals surface area contributed by atoms with E-state index in [0.29, 0.717) is 42.3 Å². The molecule has 0 fully saturated rings. The molecule has 9 heteroatoms. The number of para-hydroxylation sites is 2. The van der Waals surface area contributed by atoms with Crippen LogP contribution in [0.15, 0.2) is 103 Å². The number of benzene rings is 4. The SMILES string of the molecule is C[C@@H]1CN([C@@H](C)CO)C(=O)Cc2cc(NC(=O)Nc3ccccc3)ccc2O[C@@H]1CN(C)Cc1ccc(Oc2ccccc2)cc1. The lowest BCUT2D eigenvalue weighted by atomic mass is 10.0. The Morgan fingerprint density at radius 1 is 0.957 bits per heavy atom. The summed E-state index contributed by atoms with van der Waals surface area (Å²) in [5.74, 6) is 2.05. The number of carbonyl (C=O) groups is 2. The number of hydrogen-bond acceptors (Lipinski definition) is 6. The Bertz CT molecular complexity index is 1580. The number of carbonyl (C=O) groups excluding carboxylic acids is 2. The third-order valence-electron chi connectivity index (χ3n) is 8.05. The van der Waals surface area contributed by atoms with Crippen LogP contribution in [0.5, 0.6) is 17.2 Å². The predicted octanol–water partition coefficient (Wildman–Crippen LogP) is 6.40. The van der Waals surface area contributed by atoms with Gasteiger partial charge < -0.3 is 30.1 Å². The summed E-state index contributed by atoms with van der Waals surface area (Å²) in [5.41, 5.74) is 3.03. The molecule has 0 aromatic heterocycles. The Morgan fingerprint density at radius 3 is 2.30 bits per heavy atom. The standard InChI is InChI=1S/C37H42N4O5/c1-26-22-41(27(2)25-42)36(43)21-29-20-31(39-37(44)38-30-10-6-4-7-11-30)16-19-34(29)46-35(26)24-40(3)23-28-14-17-33(18-15-28)45-32-12-8-5-9-13-32/h4-20,26-27,35,42H,21-25H2,1-3H3,(H2,38,39,44)/t26-,27+,35-/m1/s1. The lowest BCUT2D eigenvalue weighted by Gasteiger charge is -2.34. The van der Waals surface area contributed by atoms with E-state index < -0.39 is 0 Å². The molecule has 3 amide bonds. The van der Waals surface area contributed by atoms with Crippen molar-refractivity contribution in [2.45, 2.75) is 39.0 Å². The number of amides is 3. The van der Waals surface area contributed by atoms with Crippen LogP contribution in [-0.2, 0) is 17.8 Å². The number of ether oxygens (including phenoxy) is 2. The van der Waals surface area contributed by atoms with Gasteiger partial charge in [0.2, 0.25) is 5.91 Å². The zero-order valence-electron chi connectivity index (χ0n) is 26.6. The topological polar surface area (TPSA) is 103 Å². The van der Waals surface area contributed by atoms with E-state index in [0.717, 1.165) is 17.1 Å². The maximum absolute atomic E-state index is 13.6. The lowest BCUT2D eigenvalue weighted by Crippen LogP contribution is -2.47. The average molecular weight is 623 g/mol. The molecule has 1 heterocycles. The van der Waals surface area contributed by atoms with Crippen LogP contribution < -0.4 is 20.1 Å². The fraction of sp³-hybridized carbons (Fsp3) is 0.297. The van der Waals surface area contributed by atoms with E-state index in [2.05, 4.69) is 41.6 Å². The molecule has 1 aliphatic heterocycles. The van der Waals surface area contributed by atoms with E-state index in [1.54, 1.807) is 29.2 Å². The van der Waals surface area contributed by atoms with Gasteiger partial charge in [-0.05, 0) is 74.1 Å². The van der Waals surface area contributed by atoms with Gasteiger partial charge in [0.25, 0.3) is 0 Å². The van der Waals surface area contributed by atoms with Crippen LogP contribution in [0.3, 0.4) is 0 Å². The molecule has 240 valence electrons. The number of hydrogen-bond donors (Lipinski definition) is 3. The second kappa shape index (κ2) is 15.4. The summed E-state index contributed by atoms with van der Waals surface area (Å²) in [5, 5.41) is 15.6. The van der Waals surface area contributed by atoms with Gasteiger partial charge in [-0.15, -0.1) is 0 Å². The summed E-state index contributed by atoms with van der Waals surface area (Å²) in [6.45, 7) is 5.54. The highest BCUT2D eigenvalue weighted by atomic mass is 16.5. The monoisotopic (exact) mass is 622 g/mol. The Kier molecular flexibility index (Phi) is 10.9. The van der Waals surface area contributed by atoms with Crippen molar-refractivity contribution in [2.24, 2.45) is 5.92 Å². The first kappa shape index (κ1) is 32.5. The molecule has 46 heavy (non-hydrogen) atoms. The van der Waals surface area contributed by atoms with Crippen molar-refractivity contribution in [3.63, 3.8) is 0 Å². The largest absolute Gasteiger partial charge is 0.488 e. The quantitative estimate of drug-likeness (QED) is 0.189. The number of rotatable bonds is 10. The first-order valence-corrected chi connectivity index (χ1v) is 15.6. The highest BCUT2D eigenvalue weighted by Crippen LogP contribution is 2.30. The zero-order valence-corrected chi connectivity index (χ0v) is 26.6. The summed E-state index contributed by atoms with van der Waals surface area (Å²) in [6, 6.07) is 31.6. The number of likely N-dealkylation sites (N-methyl/N-ethyl adjacent to an activating group) is 1. The number of urea groups is 1. The van der Waals surface area contributed by atoms with Crippen molar-refractivity contribution in [3.05, 3.63) is 114 Å². The fourth-order valence-corrected chi connectivity index (χ4v) is 5.51. The van der Waals surface area contributed by atoms with Gasteiger partial charge in [0.1, 0.15) is 23.4 Å². The van der Waals surface area contributed by atoms with Crippen LogP contribution >= 0.6 is 0 Å². The molecule has 4 aromatic carbocycles. The van der Waals surface area contributed by atoms with Crippen LogP contribution in [0.2, 0.25) is 0 Å². The third kappa shape index (κ3) is 8.87. The molecule has 5 rings (SSSR count). The molecule has 3 N–H and O–H groups in total. The van der Waals surface area contributed by atoms with E-state index in [1.807, 2.05) is 73.7 Å². The number of aliphatic hydroxyl groups is 1. The maximum atomic E-state index is 13.6. The predicted molar refractivity (Wildman–Crippen MR) is 180 cm³/mol. The summed E-state index contributed by atoms with van der Waals surface area (Å²) < 4.78 is 12.6. The highest BCUT2D eigenvalue weighted by Gasteiger charge is 2.31. The Balaban J connectivity index is 1.30. The number of nitrogens with one attached hydrogen (secondary N) is 2. The van der Waals surface area contributed by atoms with Crippen LogP contribution in [-0.4, -0.2) is 65.7 Å². The lowest BCUT2D eigenvalue weighted by molar-refractivity contribution is -0.134. The molecule has 0 radical (unpaired) electrons. The zero-order chi connectivity index (χ0) is 32.5. The summed E-state index contributed by atoms with van der Waals surface area (Å²) >= 11 is 0. The fourth-order valence-electron chi connectivity index (χ4n) is 5.51. The maximum Gasteiger partial charge on any atom is 0.323 e. The van der Waals surface area contributed by atoms with Gasteiger partial charge in [0.05, 0.1) is 19.1 Å². The Labute approximate surface area is 270 Å². The Hall–Kier alpha value is -4.86. The van der Waals surface area contributed by atoms with Crippen LogP contribution in [0.4, 0.5) is 16.2 Å². The van der Waals surface area contributed by atoms with Gasteiger partial charge in [-0.25, -0.2) is 4.79 Å². The van der Waals surface area contributed by atoms with Gasteiger partial charge in [-0.1, -0.05) is 55.5 Å². The smallest absolute Gasteiger partial charge is 0.323 e. The van der Waals surface area contributed by atoms with E-state index >= 15 is 0 Å². The molecule has 4 aromatic rings. The molecule has 3 atom stereocenters. The van der Waals surface area contributed by atoms with Crippen molar-refractivity contribution in [3.8, 4) is 17.2 Å². The van der Waals surface area contributed by atoms with E-state index in [-0.39, 0.29) is 43.0 Å². The van der Waals surface area contributed by atoms with Crippen LogP contribution in [0.1, 0.15) is 25.0 Å². The number of nitrogens with zero attached hydrogens (tertiary/aromatic N) is 2. The van der Waals surface area contributed by atoms with Gasteiger partial charge in [0.15, 0.2) is 0 Å². The summed E-state index contributed by atoms with van der Waals surface area (Å²) in [4.78, 5) is 30.2. The van der Waals surface area contributed by atoms with Crippen molar-refractivity contribution in [2.75, 3.05) is 37.4 Å². The van der Waals surface area contributed by atoms with E-state index in [4.69, 9.17) is 9.47 Å². The number of anilines is 2. The molecule has 9 nitrogen and oxygen atoms in total. The molecule has 0 bridgehead atoms. The molecular weight excluding hydrogens is 580 g/mol. The van der Waals surface area contributed by atoms with E-state index in [1.165, 1.54) is 0 Å². The third-order valence-corrected chi connectivity index (χ3v) is 8.05. The second-order valence-electron chi connectivity index (χ2n) is 11.9. The second-order valence-corrected chi connectivity index (χ2v) is 11.9. The molecule has 1 aliphatic rings. The van der Waals surface area contributed by atoms with Gasteiger partial charge in [0, 0.05) is 42.5 Å². The average Bonchev–Trinajstić information content (AvgIpc) is 3.09. The molecule has 0 spiro atoms. The summed E-state index contributed by atoms with van der Waals surface area (Å²) in [6.07, 6.45) is -0.161. The van der Waals surface area contributed by atoms with Crippen LogP contribution in [0, 0.1) is 5.92 Å². The molecule has 0 saturated carbocycles. The van der Waals surface area contributed by atoms with Crippen LogP contribution in [0.25, 0.3) is 0 Å². The number of aliphatic hydroxyl groups excluding tert-OH is 1. The van der Waals surface area contributed by atoms with Gasteiger partial charge in [-0.2, -0.15) is 0 Å². The minimum atomic E-state index is -0.384. The van der Waals surface area contributed by atoms with Crippen molar-refractivity contribution >= 4 is 23.3 Å². The minimum absolute atomic E-state index is 0.0255. The van der Waals surface area contributed by atoms with Gasteiger partial charge in [-0.3, -0.25) is 9.69 Å². The number of fused-ring (bicyclic) bond motifs is 1. The van der Waals surface area contributed by atoms with Crippen molar-refractivity contribution in [1.82, 2.24) is 9.80 Å². The highest BCUT2D eigenvalue weighted by molar-refractivity contribution is 5.99. The first-order chi connectivity index (χ1) is 22.3. The van der Waals surface area contributed by atoms with Crippen molar-refractivity contribution < 1.29 is 24.2 Å². The minimum Gasteiger partial charge on any atom is -0.488 e.